The number of fused-ring (bicyclic) bond motifs is 8. The molecular weight excluding hydrogens is 643 g/mol. The Bertz CT molecular complexity index is 2660. The van der Waals surface area contributed by atoms with Crippen LogP contribution in [0.5, 0.6) is 11.5 Å². The van der Waals surface area contributed by atoms with Gasteiger partial charge in [-0.1, -0.05) is 166 Å². The Hall–Kier alpha value is -6.64. The number of benzene rings is 8. The van der Waals surface area contributed by atoms with E-state index in [0.29, 0.717) is 0 Å². The lowest BCUT2D eigenvalue weighted by Gasteiger charge is -2.30. The molecule has 2 heteroatoms. The molecule has 8 aromatic rings. The Labute approximate surface area is 311 Å². The molecule has 0 amide bonds. The molecule has 0 aromatic heterocycles. The summed E-state index contributed by atoms with van der Waals surface area (Å²) < 4.78 is 7.17. The van der Waals surface area contributed by atoms with Crippen LogP contribution < -0.4 is 9.64 Å². The highest BCUT2D eigenvalue weighted by molar-refractivity contribution is 6.01. The van der Waals surface area contributed by atoms with E-state index in [9.17, 15) is 0 Å². The molecule has 0 atom stereocenters. The number of hydrogen-bond acceptors (Lipinski definition) is 2. The molecule has 252 valence electrons. The molecule has 0 radical (unpaired) electrons. The zero-order chi connectivity index (χ0) is 35.5. The molecule has 1 aliphatic heterocycles. The van der Waals surface area contributed by atoms with Crippen LogP contribution in [0.1, 0.15) is 25.0 Å². The van der Waals surface area contributed by atoms with Gasteiger partial charge >= 0.3 is 0 Å². The van der Waals surface area contributed by atoms with Crippen LogP contribution in [0.3, 0.4) is 0 Å². The summed E-state index contributed by atoms with van der Waals surface area (Å²) in [6.07, 6.45) is 0. The van der Waals surface area contributed by atoms with Crippen molar-refractivity contribution in [1.29, 1.82) is 0 Å². The summed E-state index contributed by atoms with van der Waals surface area (Å²) in [7, 11) is 0. The maximum atomic E-state index is 7.17. The SMILES string of the molecule is CC1(C)c2ccccc2-c2ccc(N(c3ccc(-c4ccccc4)cc3)c3cccc4c3Oc3ccccc3-c3cccc(-c5ccccc5)c3-4)cc21. The standard InChI is InChI=1S/C51H37NO/c1-51(2)45-24-11-9-19-40(45)41-32-31-38(33-46(41)51)52(37-29-27-35(28-30-37)34-15-5-3-6-16-34)47-25-14-23-44-49-39(36-17-7-4-8-18-36)21-13-22-43(49)42-20-10-12-26-48(42)53-50(44)47/h3-33H,1-2H3. The van der Waals surface area contributed by atoms with Crippen molar-refractivity contribution in [1.82, 2.24) is 0 Å². The first-order valence-corrected chi connectivity index (χ1v) is 18.4. The molecule has 1 aliphatic carbocycles. The van der Waals surface area contributed by atoms with Gasteiger partial charge in [0.25, 0.3) is 0 Å². The predicted molar refractivity (Wildman–Crippen MR) is 221 cm³/mol. The normalized spacial score (nSPS) is 13.0. The minimum absolute atomic E-state index is 0.142. The van der Waals surface area contributed by atoms with E-state index in [0.717, 1.165) is 45.3 Å². The van der Waals surface area contributed by atoms with Gasteiger partial charge in [-0.2, -0.15) is 0 Å². The molecule has 2 aliphatic rings. The highest BCUT2D eigenvalue weighted by atomic mass is 16.5. The Morgan fingerprint density at radius 1 is 0.396 bits per heavy atom. The summed E-state index contributed by atoms with van der Waals surface area (Å²) in [5.74, 6) is 1.67. The van der Waals surface area contributed by atoms with Crippen molar-refractivity contribution in [2.24, 2.45) is 0 Å². The summed E-state index contributed by atoms with van der Waals surface area (Å²) in [6.45, 7) is 4.69. The van der Waals surface area contributed by atoms with Crippen LogP contribution in [-0.2, 0) is 5.41 Å². The topological polar surface area (TPSA) is 12.5 Å². The van der Waals surface area contributed by atoms with Crippen LogP contribution in [0.4, 0.5) is 17.1 Å². The zero-order valence-electron chi connectivity index (χ0n) is 29.8. The molecule has 0 spiro atoms. The monoisotopic (exact) mass is 679 g/mol. The second-order valence-electron chi connectivity index (χ2n) is 14.5. The third kappa shape index (κ3) is 5.02. The molecular formula is C51H37NO. The Morgan fingerprint density at radius 2 is 0.962 bits per heavy atom. The molecule has 53 heavy (non-hydrogen) atoms. The van der Waals surface area contributed by atoms with E-state index >= 15 is 0 Å². The fourth-order valence-corrected chi connectivity index (χ4v) is 8.51. The minimum Gasteiger partial charge on any atom is -0.454 e. The highest BCUT2D eigenvalue weighted by Gasteiger charge is 2.36. The fourth-order valence-electron chi connectivity index (χ4n) is 8.51. The quantitative estimate of drug-likeness (QED) is 0.180. The molecule has 0 saturated heterocycles. The summed E-state index contributed by atoms with van der Waals surface area (Å²) in [4.78, 5) is 2.38. The number of rotatable bonds is 5. The number of nitrogens with zero attached hydrogens (tertiary/aromatic N) is 1. The second kappa shape index (κ2) is 12.3. The Kier molecular flexibility index (Phi) is 7.19. The van der Waals surface area contributed by atoms with Gasteiger partial charge in [0.1, 0.15) is 5.75 Å². The first kappa shape index (κ1) is 31.1. The largest absolute Gasteiger partial charge is 0.454 e. The van der Waals surface area contributed by atoms with Crippen molar-refractivity contribution in [3.63, 3.8) is 0 Å². The van der Waals surface area contributed by atoms with Crippen LogP contribution >= 0.6 is 0 Å². The van der Waals surface area contributed by atoms with Gasteiger partial charge < -0.3 is 9.64 Å². The van der Waals surface area contributed by atoms with E-state index in [-0.39, 0.29) is 5.41 Å². The first-order chi connectivity index (χ1) is 26.1. The lowest BCUT2D eigenvalue weighted by Crippen LogP contribution is -2.17. The van der Waals surface area contributed by atoms with E-state index in [4.69, 9.17) is 4.74 Å². The third-order valence-electron chi connectivity index (χ3n) is 11.1. The first-order valence-electron chi connectivity index (χ1n) is 18.4. The fraction of sp³-hybridized carbons (Fsp3) is 0.0588. The van der Waals surface area contributed by atoms with Crippen molar-refractivity contribution in [2.45, 2.75) is 19.3 Å². The predicted octanol–water partition coefficient (Wildman–Crippen LogP) is 14.2. The van der Waals surface area contributed by atoms with Crippen molar-refractivity contribution in [3.05, 3.63) is 199 Å². The van der Waals surface area contributed by atoms with Crippen molar-refractivity contribution >= 4 is 17.1 Å². The van der Waals surface area contributed by atoms with Gasteiger partial charge in [0, 0.05) is 33.5 Å². The third-order valence-corrected chi connectivity index (χ3v) is 11.1. The van der Waals surface area contributed by atoms with Gasteiger partial charge in [-0.25, -0.2) is 0 Å². The number of para-hydroxylation sites is 2. The minimum atomic E-state index is -0.142. The lowest BCUT2D eigenvalue weighted by atomic mass is 9.82. The van der Waals surface area contributed by atoms with Crippen molar-refractivity contribution in [3.8, 4) is 67.1 Å². The molecule has 8 aromatic carbocycles. The summed E-state index contributed by atoms with van der Waals surface area (Å²) in [6, 6.07) is 67.7. The summed E-state index contributed by atoms with van der Waals surface area (Å²) >= 11 is 0. The van der Waals surface area contributed by atoms with Gasteiger partial charge in [-0.15, -0.1) is 0 Å². The summed E-state index contributed by atoms with van der Waals surface area (Å²) in [5.41, 5.74) is 17.5. The van der Waals surface area contributed by atoms with E-state index in [2.05, 4.69) is 207 Å². The Balaban J connectivity index is 1.23. The van der Waals surface area contributed by atoms with Crippen LogP contribution in [0.15, 0.2) is 188 Å². The maximum Gasteiger partial charge on any atom is 0.159 e. The lowest BCUT2D eigenvalue weighted by molar-refractivity contribution is 0.489. The van der Waals surface area contributed by atoms with Gasteiger partial charge in [-0.3, -0.25) is 0 Å². The van der Waals surface area contributed by atoms with Gasteiger partial charge in [0.15, 0.2) is 5.75 Å². The van der Waals surface area contributed by atoms with E-state index < -0.39 is 0 Å². The van der Waals surface area contributed by atoms with Crippen molar-refractivity contribution in [2.75, 3.05) is 4.90 Å². The van der Waals surface area contributed by atoms with Gasteiger partial charge in [0.2, 0.25) is 0 Å². The van der Waals surface area contributed by atoms with E-state index in [1.165, 1.54) is 50.1 Å². The molecule has 2 nitrogen and oxygen atoms in total. The van der Waals surface area contributed by atoms with Crippen LogP contribution in [0.25, 0.3) is 55.6 Å². The van der Waals surface area contributed by atoms with Crippen LogP contribution in [0.2, 0.25) is 0 Å². The number of hydrogen-bond donors (Lipinski definition) is 0. The molecule has 10 rings (SSSR count). The average Bonchev–Trinajstić information content (AvgIpc) is 3.34. The highest BCUT2D eigenvalue weighted by Crippen LogP contribution is 2.56. The summed E-state index contributed by atoms with van der Waals surface area (Å²) in [5, 5.41) is 0. The molecule has 0 unspecified atom stereocenters. The van der Waals surface area contributed by atoms with E-state index in [1.807, 2.05) is 0 Å². The van der Waals surface area contributed by atoms with E-state index in [1.54, 1.807) is 0 Å². The Morgan fingerprint density at radius 3 is 1.75 bits per heavy atom. The zero-order valence-corrected chi connectivity index (χ0v) is 29.8. The molecule has 0 bridgehead atoms. The number of ether oxygens (including phenoxy) is 1. The molecule has 0 saturated carbocycles. The number of anilines is 3. The molecule has 1 heterocycles. The smallest absolute Gasteiger partial charge is 0.159 e. The molecule has 0 N–H and O–H groups in total. The maximum absolute atomic E-state index is 7.17. The second-order valence-corrected chi connectivity index (χ2v) is 14.5. The van der Waals surface area contributed by atoms with Crippen LogP contribution in [0, 0.1) is 0 Å². The molecule has 0 fully saturated rings. The van der Waals surface area contributed by atoms with Gasteiger partial charge in [-0.05, 0) is 86.5 Å². The van der Waals surface area contributed by atoms with Gasteiger partial charge in [0.05, 0.1) is 5.69 Å². The van der Waals surface area contributed by atoms with Crippen molar-refractivity contribution < 1.29 is 4.74 Å². The van der Waals surface area contributed by atoms with Crippen LogP contribution in [-0.4, -0.2) is 0 Å². The average molecular weight is 680 g/mol.